The number of amides is 1. The van der Waals surface area contributed by atoms with Gasteiger partial charge in [-0.1, -0.05) is 44.8 Å². The highest BCUT2D eigenvalue weighted by atomic mass is 32.5. The fraction of sp³-hybridized carbons (Fsp3) is 0.400. The maximum atomic E-state index is 14.6. The van der Waals surface area contributed by atoms with Gasteiger partial charge in [0.2, 0.25) is 5.91 Å². The summed E-state index contributed by atoms with van der Waals surface area (Å²) in [4.78, 5) is 15.8. The topological polar surface area (TPSA) is 45.2 Å². The van der Waals surface area contributed by atoms with Gasteiger partial charge in [-0.25, -0.2) is 4.39 Å². The molecule has 1 saturated carbocycles. The van der Waals surface area contributed by atoms with E-state index in [-0.39, 0.29) is 18.2 Å². The summed E-state index contributed by atoms with van der Waals surface area (Å²) in [6.45, 7) is 0. The van der Waals surface area contributed by atoms with E-state index in [4.69, 9.17) is 0 Å². The highest BCUT2D eigenvalue weighted by molar-refractivity contribution is 8.45. The number of nitrogens with zero attached hydrogens (tertiary/aromatic N) is 2. The summed E-state index contributed by atoms with van der Waals surface area (Å²) in [5, 5.41) is 2.91. The smallest absolute Gasteiger partial charge is 0.310 e. The molecule has 1 aliphatic carbocycles. The molecule has 1 aromatic heterocycles. The number of benzene rings is 1. The molecule has 0 spiro atoms. The van der Waals surface area contributed by atoms with Gasteiger partial charge in [0.15, 0.2) is 0 Å². The molecule has 1 heterocycles. The lowest BCUT2D eigenvalue weighted by atomic mass is 9.95. The third kappa shape index (κ3) is 5.63. The van der Waals surface area contributed by atoms with Crippen molar-refractivity contribution in [2.24, 2.45) is 0 Å². The maximum Gasteiger partial charge on any atom is 0.310 e. The number of halogens is 6. The number of anilines is 1. The Morgan fingerprint density at radius 1 is 1.13 bits per heavy atom. The standard InChI is InChI=1S/C20H23F6N3OS/c1-29(18-10-9-16(12-17(18)21)31(22,23,24,25)26)19(14-6-5-11-27-13-14)20(30)28-15-7-3-2-4-8-15/h5-6,9-13,15,19H,2-4,7-8H2,1H3,(H,28,30). The van der Waals surface area contributed by atoms with Crippen LogP contribution in [0.1, 0.15) is 43.7 Å². The maximum absolute atomic E-state index is 14.6. The first kappa shape index (κ1) is 23.2. The average Bonchev–Trinajstić information content (AvgIpc) is 2.68. The van der Waals surface area contributed by atoms with Gasteiger partial charge in [-0.2, -0.15) is 0 Å². The number of rotatable bonds is 6. The van der Waals surface area contributed by atoms with Crippen LogP contribution in [-0.2, 0) is 4.79 Å². The molecule has 1 atom stereocenters. The van der Waals surface area contributed by atoms with Gasteiger partial charge in [0, 0.05) is 31.0 Å². The van der Waals surface area contributed by atoms with Crippen molar-refractivity contribution in [3.05, 3.63) is 54.1 Å². The molecule has 0 bridgehead atoms. The van der Waals surface area contributed by atoms with Crippen LogP contribution >= 0.6 is 10.2 Å². The molecule has 0 saturated heterocycles. The lowest BCUT2D eigenvalue weighted by molar-refractivity contribution is -0.123. The first-order valence-corrected chi connectivity index (χ1v) is 11.7. The van der Waals surface area contributed by atoms with Gasteiger partial charge in [0.25, 0.3) is 0 Å². The monoisotopic (exact) mass is 467 g/mol. The first-order valence-electron chi connectivity index (χ1n) is 9.73. The van der Waals surface area contributed by atoms with Crippen molar-refractivity contribution >= 4 is 21.8 Å². The van der Waals surface area contributed by atoms with E-state index in [9.17, 15) is 28.6 Å². The van der Waals surface area contributed by atoms with Crippen molar-refractivity contribution in [2.75, 3.05) is 11.9 Å². The highest BCUT2D eigenvalue weighted by Crippen LogP contribution is 3.02. The van der Waals surface area contributed by atoms with E-state index in [2.05, 4.69) is 10.3 Å². The molecule has 1 amide bonds. The predicted octanol–water partition coefficient (Wildman–Crippen LogP) is 6.50. The van der Waals surface area contributed by atoms with Crippen molar-refractivity contribution in [3.63, 3.8) is 0 Å². The zero-order valence-corrected chi connectivity index (χ0v) is 17.5. The summed E-state index contributed by atoms with van der Waals surface area (Å²) in [5.41, 5.74) is -0.0345. The second kappa shape index (κ2) is 7.61. The molecule has 1 aliphatic rings. The number of carbonyl (C=O) groups excluding carboxylic acids is 1. The van der Waals surface area contributed by atoms with Crippen LogP contribution in [0.15, 0.2) is 47.6 Å². The lowest BCUT2D eigenvalue weighted by Crippen LogP contribution is -2.44. The summed E-state index contributed by atoms with van der Waals surface area (Å²) < 4.78 is 79.7. The predicted molar refractivity (Wildman–Crippen MR) is 108 cm³/mol. The Balaban J connectivity index is 1.95. The Hall–Kier alpha value is -2.43. The fourth-order valence-corrected chi connectivity index (χ4v) is 4.42. The molecule has 3 rings (SSSR count). The Morgan fingerprint density at radius 2 is 1.81 bits per heavy atom. The third-order valence-electron chi connectivity index (χ3n) is 5.33. The molecule has 1 unspecified atom stereocenters. The van der Waals surface area contributed by atoms with Crippen LogP contribution in [0.4, 0.5) is 29.5 Å². The molecule has 1 N–H and O–H groups in total. The molecule has 11 heteroatoms. The van der Waals surface area contributed by atoms with E-state index in [0.717, 1.165) is 37.0 Å². The summed E-state index contributed by atoms with van der Waals surface area (Å²) in [6, 6.07) is 2.49. The van der Waals surface area contributed by atoms with Crippen LogP contribution in [0.3, 0.4) is 0 Å². The van der Waals surface area contributed by atoms with Crippen molar-refractivity contribution < 1.29 is 28.6 Å². The van der Waals surface area contributed by atoms with Gasteiger partial charge in [0.1, 0.15) is 16.8 Å². The number of hydrogen-bond donors (Lipinski definition) is 1. The molecule has 172 valence electrons. The van der Waals surface area contributed by atoms with E-state index in [1.165, 1.54) is 19.4 Å². The number of pyridine rings is 1. The van der Waals surface area contributed by atoms with Crippen molar-refractivity contribution in [1.82, 2.24) is 10.3 Å². The second-order valence-electron chi connectivity index (χ2n) is 7.73. The zero-order valence-electron chi connectivity index (χ0n) is 16.7. The third-order valence-corrected chi connectivity index (χ3v) is 6.48. The SMILES string of the molecule is CN(c1ccc(S(F)(F)(F)(F)F)cc1F)C(C(=O)NC1CCCCC1)c1cccnc1. The average molecular weight is 467 g/mol. The van der Waals surface area contributed by atoms with Crippen LogP contribution in [0.5, 0.6) is 0 Å². The van der Waals surface area contributed by atoms with Gasteiger partial charge < -0.3 is 10.2 Å². The number of likely N-dealkylation sites (N-methyl/N-ethyl adjacent to an activating group) is 1. The normalized spacial score (nSPS) is 18.5. The molecule has 1 fully saturated rings. The number of nitrogens with one attached hydrogen (secondary N) is 1. The van der Waals surface area contributed by atoms with Gasteiger partial charge in [0.05, 0.1) is 5.69 Å². The zero-order chi connectivity index (χ0) is 22.9. The van der Waals surface area contributed by atoms with E-state index in [1.807, 2.05) is 0 Å². The molecule has 4 nitrogen and oxygen atoms in total. The molecular formula is C20H23F6N3OS. The lowest BCUT2D eigenvalue weighted by Gasteiger charge is -2.40. The van der Waals surface area contributed by atoms with Crippen LogP contribution in [-0.4, -0.2) is 24.0 Å². The largest absolute Gasteiger partial charge is 0.357 e. The Kier molecular flexibility index (Phi) is 5.71. The number of carbonyl (C=O) groups is 1. The molecule has 0 aliphatic heterocycles. The summed E-state index contributed by atoms with van der Waals surface area (Å²) in [5.74, 6) is -1.98. The van der Waals surface area contributed by atoms with Gasteiger partial charge >= 0.3 is 10.2 Å². The van der Waals surface area contributed by atoms with E-state index >= 15 is 0 Å². The minimum atomic E-state index is -10.0. The Bertz CT molecular complexity index is 949. The van der Waals surface area contributed by atoms with Crippen LogP contribution in [0.2, 0.25) is 0 Å². The molecule has 1 aromatic carbocycles. The number of hydrogen-bond acceptors (Lipinski definition) is 3. The van der Waals surface area contributed by atoms with E-state index in [0.29, 0.717) is 11.6 Å². The molecule has 31 heavy (non-hydrogen) atoms. The van der Waals surface area contributed by atoms with E-state index < -0.39 is 38.6 Å². The molecule has 0 radical (unpaired) electrons. The second-order valence-corrected chi connectivity index (χ2v) is 10.1. The first-order chi connectivity index (χ1) is 14.3. The fourth-order valence-electron chi connectivity index (χ4n) is 3.77. The summed E-state index contributed by atoms with van der Waals surface area (Å²) >= 11 is 0. The quantitative estimate of drug-likeness (QED) is 0.493. The minimum Gasteiger partial charge on any atom is -0.357 e. The summed E-state index contributed by atoms with van der Waals surface area (Å²) in [7, 11) is -8.71. The van der Waals surface area contributed by atoms with Crippen molar-refractivity contribution in [3.8, 4) is 0 Å². The van der Waals surface area contributed by atoms with Gasteiger partial charge in [-0.3, -0.25) is 9.78 Å². The van der Waals surface area contributed by atoms with Crippen LogP contribution in [0.25, 0.3) is 0 Å². The molecular weight excluding hydrogens is 444 g/mol. The van der Waals surface area contributed by atoms with Crippen LogP contribution < -0.4 is 10.2 Å². The summed E-state index contributed by atoms with van der Waals surface area (Å²) in [6.07, 6.45) is 7.45. The Labute approximate surface area is 176 Å². The van der Waals surface area contributed by atoms with E-state index in [1.54, 1.807) is 12.1 Å². The Morgan fingerprint density at radius 3 is 2.35 bits per heavy atom. The minimum absolute atomic E-state index is 0.0610. The highest BCUT2D eigenvalue weighted by Gasteiger charge is 2.65. The van der Waals surface area contributed by atoms with Gasteiger partial charge in [-0.15, -0.1) is 0 Å². The molecule has 2 aromatic rings. The van der Waals surface area contributed by atoms with Crippen molar-refractivity contribution in [2.45, 2.75) is 49.1 Å². The van der Waals surface area contributed by atoms with Crippen molar-refractivity contribution in [1.29, 1.82) is 0 Å². The van der Waals surface area contributed by atoms with Crippen LogP contribution in [0, 0.1) is 5.82 Å². The number of aromatic nitrogens is 1. The van der Waals surface area contributed by atoms with Gasteiger partial charge in [-0.05, 0) is 37.1 Å².